The number of hydrogen-bond acceptors (Lipinski definition) is 2. The first-order chi connectivity index (χ1) is 7.88. The zero-order valence-electron chi connectivity index (χ0n) is 10.6. The van der Waals surface area contributed by atoms with E-state index in [1.54, 1.807) is 11.2 Å². The molecule has 2 rings (SSSR count). The molecular formula is C13H19NO2S. The molecule has 1 aromatic rings. The van der Waals surface area contributed by atoms with Crippen molar-refractivity contribution in [1.29, 1.82) is 0 Å². The van der Waals surface area contributed by atoms with Gasteiger partial charge >= 0.3 is 0 Å². The summed E-state index contributed by atoms with van der Waals surface area (Å²) in [4.78, 5) is 0. The molecule has 94 valence electrons. The van der Waals surface area contributed by atoms with Crippen molar-refractivity contribution >= 4 is 10.0 Å². The average Bonchev–Trinajstić information content (AvgIpc) is 2.28. The number of sulfonamides is 1. The van der Waals surface area contributed by atoms with Gasteiger partial charge in [-0.05, 0) is 17.9 Å². The molecule has 3 nitrogen and oxygen atoms in total. The first kappa shape index (κ1) is 12.6. The Bertz CT molecular complexity index is 493. The van der Waals surface area contributed by atoms with E-state index in [1.807, 2.05) is 30.3 Å². The van der Waals surface area contributed by atoms with E-state index in [1.165, 1.54) is 0 Å². The summed E-state index contributed by atoms with van der Waals surface area (Å²) >= 11 is 0. The normalized spacial score (nSPS) is 24.3. The van der Waals surface area contributed by atoms with Gasteiger partial charge in [0.05, 0.1) is 11.8 Å². The van der Waals surface area contributed by atoms with Gasteiger partial charge in [-0.2, -0.15) is 4.31 Å². The minimum Gasteiger partial charge on any atom is -0.212 e. The standard InChI is InChI=1S/C13H19NO2S/c1-4-17(15,16)14-10-13(2,3)12(14)11-8-6-5-7-9-11/h5-9,12H,4,10H2,1-3H3/t12-/m0/s1. The van der Waals surface area contributed by atoms with E-state index in [0.29, 0.717) is 6.54 Å². The van der Waals surface area contributed by atoms with Crippen LogP contribution in [0.5, 0.6) is 0 Å². The Hall–Kier alpha value is -0.870. The maximum Gasteiger partial charge on any atom is 0.214 e. The fourth-order valence-electron chi connectivity index (χ4n) is 2.53. The number of nitrogens with zero attached hydrogens (tertiary/aromatic N) is 1. The van der Waals surface area contributed by atoms with Gasteiger partial charge in [0.1, 0.15) is 0 Å². The molecule has 0 bridgehead atoms. The molecule has 0 radical (unpaired) electrons. The summed E-state index contributed by atoms with van der Waals surface area (Å²) in [6.45, 7) is 6.55. The van der Waals surface area contributed by atoms with Crippen molar-refractivity contribution in [3.05, 3.63) is 35.9 Å². The van der Waals surface area contributed by atoms with Crippen LogP contribution >= 0.6 is 0 Å². The third-order valence-electron chi connectivity index (χ3n) is 3.43. The predicted octanol–water partition coefficient (Wildman–Crippen LogP) is 2.42. The van der Waals surface area contributed by atoms with Gasteiger partial charge in [0.25, 0.3) is 0 Å². The van der Waals surface area contributed by atoms with E-state index < -0.39 is 10.0 Å². The zero-order chi connectivity index (χ0) is 12.7. The molecule has 1 aliphatic rings. The summed E-state index contributed by atoms with van der Waals surface area (Å²) in [5.41, 5.74) is 1.10. The van der Waals surface area contributed by atoms with Crippen molar-refractivity contribution in [3.8, 4) is 0 Å². The Morgan fingerprint density at radius 3 is 2.35 bits per heavy atom. The van der Waals surface area contributed by atoms with Gasteiger partial charge in [0, 0.05) is 6.54 Å². The van der Waals surface area contributed by atoms with Crippen LogP contribution in [0.1, 0.15) is 32.4 Å². The van der Waals surface area contributed by atoms with Crippen LogP contribution in [-0.2, 0) is 10.0 Å². The Labute approximate surface area is 104 Å². The second-order valence-electron chi connectivity index (χ2n) is 5.25. The van der Waals surface area contributed by atoms with Crippen LogP contribution in [0, 0.1) is 5.41 Å². The Balaban J connectivity index is 2.36. The molecular weight excluding hydrogens is 234 g/mol. The van der Waals surface area contributed by atoms with E-state index in [-0.39, 0.29) is 17.2 Å². The van der Waals surface area contributed by atoms with E-state index in [2.05, 4.69) is 13.8 Å². The Morgan fingerprint density at radius 2 is 1.88 bits per heavy atom. The van der Waals surface area contributed by atoms with Gasteiger partial charge in [-0.15, -0.1) is 0 Å². The topological polar surface area (TPSA) is 37.4 Å². The van der Waals surface area contributed by atoms with Gasteiger partial charge in [0.2, 0.25) is 10.0 Å². The van der Waals surface area contributed by atoms with Gasteiger partial charge in [-0.1, -0.05) is 44.2 Å². The highest BCUT2D eigenvalue weighted by atomic mass is 32.2. The average molecular weight is 253 g/mol. The van der Waals surface area contributed by atoms with Gasteiger partial charge < -0.3 is 0 Å². The van der Waals surface area contributed by atoms with Crippen molar-refractivity contribution < 1.29 is 8.42 Å². The number of hydrogen-bond donors (Lipinski definition) is 0. The Morgan fingerprint density at radius 1 is 1.29 bits per heavy atom. The lowest BCUT2D eigenvalue weighted by Gasteiger charge is -2.53. The van der Waals surface area contributed by atoms with Gasteiger partial charge in [-0.25, -0.2) is 8.42 Å². The molecule has 0 N–H and O–H groups in total. The quantitative estimate of drug-likeness (QED) is 0.829. The largest absolute Gasteiger partial charge is 0.214 e. The minimum absolute atomic E-state index is 0.0175. The third-order valence-corrected chi connectivity index (χ3v) is 5.21. The molecule has 17 heavy (non-hydrogen) atoms. The zero-order valence-corrected chi connectivity index (χ0v) is 11.4. The fraction of sp³-hybridized carbons (Fsp3) is 0.538. The van der Waals surface area contributed by atoms with Crippen LogP contribution in [-0.4, -0.2) is 25.0 Å². The molecule has 1 heterocycles. The lowest BCUT2D eigenvalue weighted by atomic mass is 9.74. The third kappa shape index (κ3) is 2.11. The second-order valence-corrected chi connectivity index (χ2v) is 7.46. The molecule has 0 spiro atoms. The molecule has 1 aliphatic heterocycles. The van der Waals surface area contributed by atoms with E-state index in [0.717, 1.165) is 5.56 Å². The Kier molecular flexibility index (Phi) is 3.04. The highest BCUT2D eigenvalue weighted by Gasteiger charge is 2.51. The van der Waals surface area contributed by atoms with Crippen molar-refractivity contribution in [1.82, 2.24) is 4.31 Å². The van der Waals surface area contributed by atoms with Crippen LogP contribution in [0.4, 0.5) is 0 Å². The van der Waals surface area contributed by atoms with Crippen LogP contribution in [0.25, 0.3) is 0 Å². The molecule has 0 unspecified atom stereocenters. The number of benzene rings is 1. The van der Waals surface area contributed by atoms with Crippen LogP contribution < -0.4 is 0 Å². The predicted molar refractivity (Wildman–Crippen MR) is 69.1 cm³/mol. The summed E-state index contributed by atoms with van der Waals surface area (Å²) in [7, 11) is -3.10. The first-order valence-corrected chi connectivity index (χ1v) is 7.54. The lowest BCUT2D eigenvalue weighted by molar-refractivity contribution is 0.0199. The highest BCUT2D eigenvalue weighted by molar-refractivity contribution is 7.89. The molecule has 1 saturated heterocycles. The first-order valence-electron chi connectivity index (χ1n) is 5.93. The van der Waals surface area contributed by atoms with Crippen LogP contribution in [0.2, 0.25) is 0 Å². The maximum atomic E-state index is 12.0. The summed E-state index contributed by atoms with van der Waals surface area (Å²) in [5, 5.41) is 0. The molecule has 4 heteroatoms. The molecule has 0 aliphatic carbocycles. The van der Waals surface area contributed by atoms with Crippen LogP contribution in [0.15, 0.2) is 30.3 Å². The fourth-order valence-corrected chi connectivity index (χ4v) is 4.12. The summed E-state index contributed by atoms with van der Waals surface area (Å²) in [6, 6.07) is 9.86. The van der Waals surface area contributed by atoms with Gasteiger partial charge in [0.15, 0.2) is 0 Å². The number of rotatable bonds is 3. The summed E-state index contributed by atoms with van der Waals surface area (Å²) < 4.78 is 25.6. The van der Waals surface area contributed by atoms with Crippen molar-refractivity contribution in [2.24, 2.45) is 5.41 Å². The molecule has 0 amide bonds. The molecule has 1 fully saturated rings. The summed E-state index contributed by atoms with van der Waals surface area (Å²) in [5.74, 6) is 0.173. The van der Waals surface area contributed by atoms with E-state index >= 15 is 0 Å². The maximum absolute atomic E-state index is 12.0. The van der Waals surface area contributed by atoms with Crippen molar-refractivity contribution in [3.63, 3.8) is 0 Å². The molecule has 0 aromatic heterocycles. The second kappa shape index (κ2) is 4.10. The molecule has 0 saturated carbocycles. The highest BCUT2D eigenvalue weighted by Crippen LogP contribution is 2.49. The van der Waals surface area contributed by atoms with Crippen molar-refractivity contribution in [2.75, 3.05) is 12.3 Å². The van der Waals surface area contributed by atoms with Crippen molar-refractivity contribution in [2.45, 2.75) is 26.8 Å². The van der Waals surface area contributed by atoms with E-state index in [9.17, 15) is 8.42 Å². The SMILES string of the molecule is CCS(=O)(=O)N1CC(C)(C)[C@@H]1c1ccccc1. The van der Waals surface area contributed by atoms with E-state index in [4.69, 9.17) is 0 Å². The van der Waals surface area contributed by atoms with Crippen LogP contribution in [0.3, 0.4) is 0 Å². The molecule has 1 atom stereocenters. The lowest BCUT2D eigenvalue weighted by Crippen LogP contribution is -2.58. The summed E-state index contributed by atoms with van der Waals surface area (Å²) in [6.07, 6.45) is 0. The van der Waals surface area contributed by atoms with Gasteiger partial charge in [-0.3, -0.25) is 0 Å². The smallest absolute Gasteiger partial charge is 0.212 e. The minimum atomic E-state index is -3.10. The monoisotopic (exact) mass is 253 g/mol. The molecule has 1 aromatic carbocycles.